The minimum Gasteiger partial charge on any atom is -0.481 e. The van der Waals surface area contributed by atoms with Gasteiger partial charge in [-0.25, -0.2) is 0 Å². The Labute approximate surface area is 257 Å². The number of ether oxygens (including phenoxy) is 1. The first-order chi connectivity index (χ1) is 20.4. The Morgan fingerprint density at radius 2 is 1.58 bits per heavy atom. The summed E-state index contributed by atoms with van der Waals surface area (Å²) in [4.78, 5) is 23.8. The third-order valence-corrected chi connectivity index (χ3v) is 13.1. The molecule has 0 saturated heterocycles. The molecule has 0 aromatic heterocycles. The van der Waals surface area contributed by atoms with Gasteiger partial charge in [0.15, 0.2) is 0 Å². The number of benzene rings is 2. The number of fused-ring (bicyclic) bond motifs is 5. The van der Waals surface area contributed by atoms with E-state index in [-0.39, 0.29) is 35.2 Å². The maximum Gasteiger partial charge on any atom is 0.303 e. The molecular formula is C38H50O5. The molecule has 43 heavy (non-hydrogen) atoms. The van der Waals surface area contributed by atoms with E-state index >= 15 is 0 Å². The molecule has 0 amide bonds. The van der Waals surface area contributed by atoms with Crippen LogP contribution in [-0.2, 0) is 19.9 Å². The smallest absolute Gasteiger partial charge is 0.303 e. The van der Waals surface area contributed by atoms with Crippen LogP contribution in [0.1, 0.15) is 97.5 Å². The number of hydrogen-bond acceptors (Lipinski definition) is 4. The molecule has 0 heterocycles. The summed E-state index contributed by atoms with van der Waals surface area (Å²) in [6.07, 6.45) is 8.63. The van der Waals surface area contributed by atoms with Gasteiger partial charge in [-0.1, -0.05) is 75.4 Å². The van der Waals surface area contributed by atoms with E-state index in [9.17, 15) is 19.8 Å². The molecule has 4 aliphatic carbocycles. The van der Waals surface area contributed by atoms with Crippen LogP contribution < -0.4 is 0 Å². The molecule has 2 aromatic carbocycles. The van der Waals surface area contributed by atoms with E-state index in [0.29, 0.717) is 36.0 Å². The fraction of sp³-hybridized carbons (Fsp3) is 0.632. The lowest BCUT2D eigenvalue weighted by molar-refractivity contribution is -0.204. The number of aliphatic hydroxyl groups is 1. The fourth-order valence-corrected chi connectivity index (χ4v) is 10.9. The minimum atomic E-state index is -0.881. The van der Waals surface area contributed by atoms with Crippen molar-refractivity contribution in [3.05, 3.63) is 60.2 Å². The molecule has 0 radical (unpaired) electrons. The van der Waals surface area contributed by atoms with Crippen molar-refractivity contribution in [2.45, 2.75) is 104 Å². The van der Waals surface area contributed by atoms with Crippen LogP contribution in [0.5, 0.6) is 0 Å². The average molecular weight is 587 g/mol. The van der Waals surface area contributed by atoms with Crippen molar-refractivity contribution < 1.29 is 24.5 Å². The Kier molecular flexibility index (Phi) is 8.03. The summed E-state index contributed by atoms with van der Waals surface area (Å²) in [5, 5.41) is 21.5. The highest BCUT2D eigenvalue weighted by molar-refractivity contribution is 5.67. The Morgan fingerprint density at radius 1 is 0.907 bits per heavy atom. The summed E-state index contributed by atoms with van der Waals surface area (Å²) in [7, 11) is 0. The van der Waals surface area contributed by atoms with Gasteiger partial charge < -0.3 is 14.9 Å². The monoisotopic (exact) mass is 586 g/mol. The van der Waals surface area contributed by atoms with Crippen molar-refractivity contribution in [1.82, 2.24) is 0 Å². The Hall–Kier alpha value is -2.66. The SMILES string of the molecule is CC(=O)O[C@@H]1C[C@@H]2C[C@](O)(c3ccc(-c4ccccc4)cc3)CC[C@]2(C)[C@H]2CC[C@]3(C)[C@@H]([C@H](C)CCC(=O)O)CC[C@H]3[C@H]12. The van der Waals surface area contributed by atoms with Gasteiger partial charge in [0.05, 0.1) is 5.60 Å². The zero-order chi connectivity index (χ0) is 30.6. The van der Waals surface area contributed by atoms with E-state index in [0.717, 1.165) is 62.5 Å². The van der Waals surface area contributed by atoms with Gasteiger partial charge in [-0.05, 0) is 115 Å². The second kappa shape index (κ2) is 11.4. The number of hydrogen-bond donors (Lipinski definition) is 2. The molecule has 2 aromatic rings. The highest BCUT2D eigenvalue weighted by Crippen LogP contribution is 2.69. The molecule has 0 bridgehead atoms. The number of aliphatic carboxylic acids is 1. The highest BCUT2D eigenvalue weighted by atomic mass is 16.5. The van der Waals surface area contributed by atoms with Crippen molar-refractivity contribution in [2.75, 3.05) is 0 Å². The molecule has 5 heteroatoms. The number of carboxylic acid groups (broad SMARTS) is 1. The molecule has 4 saturated carbocycles. The third-order valence-electron chi connectivity index (χ3n) is 13.1. The molecule has 4 fully saturated rings. The van der Waals surface area contributed by atoms with Crippen molar-refractivity contribution in [1.29, 1.82) is 0 Å². The van der Waals surface area contributed by atoms with Gasteiger partial charge in [0, 0.05) is 19.3 Å². The zero-order valence-corrected chi connectivity index (χ0v) is 26.4. The summed E-state index contributed by atoms with van der Waals surface area (Å²) in [6, 6.07) is 18.8. The molecule has 5 nitrogen and oxygen atoms in total. The van der Waals surface area contributed by atoms with Crippen LogP contribution in [0.15, 0.2) is 54.6 Å². The van der Waals surface area contributed by atoms with Gasteiger partial charge in [-0.3, -0.25) is 9.59 Å². The number of carbonyl (C=O) groups excluding carboxylic acids is 1. The molecule has 10 atom stereocenters. The number of rotatable bonds is 7. The van der Waals surface area contributed by atoms with Gasteiger partial charge in [0.1, 0.15) is 6.10 Å². The molecule has 0 aliphatic heterocycles. The predicted octanol–water partition coefficient (Wildman–Crippen LogP) is 8.24. The Morgan fingerprint density at radius 3 is 2.26 bits per heavy atom. The molecule has 232 valence electrons. The van der Waals surface area contributed by atoms with Gasteiger partial charge in [-0.2, -0.15) is 0 Å². The van der Waals surface area contributed by atoms with Crippen LogP contribution >= 0.6 is 0 Å². The van der Waals surface area contributed by atoms with E-state index in [2.05, 4.69) is 57.2 Å². The van der Waals surface area contributed by atoms with Crippen LogP contribution in [0, 0.1) is 46.3 Å². The number of carbonyl (C=O) groups is 2. The lowest BCUT2D eigenvalue weighted by atomic mass is 9.42. The summed E-state index contributed by atoms with van der Waals surface area (Å²) in [5.74, 6) is 1.53. The van der Waals surface area contributed by atoms with Crippen LogP contribution in [0.4, 0.5) is 0 Å². The lowest BCUT2D eigenvalue weighted by Crippen LogP contribution is -2.60. The topological polar surface area (TPSA) is 83.8 Å². The molecule has 0 unspecified atom stereocenters. The first-order valence-corrected chi connectivity index (χ1v) is 16.7. The van der Waals surface area contributed by atoms with Crippen LogP contribution in [0.2, 0.25) is 0 Å². The first kappa shape index (κ1) is 30.4. The first-order valence-electron chi connectivity index (χ1n) is 16.7. The standard InChI is InChI=1S/C38H50O5/c1-24(10-17-34(40)41)30-15-16-31-35-32(18-19-37(30,31)4)36(3)20-21-38(42,23-29(36)22-33(35)43-25(2)39)28-13-11-27(12-14-28)26-8-6-5-7-9-26/h5-9,11-14,24,29-33,35,42H,10,15-23H2,1-4H3,(H,40,41)/t24-,29-,30-,31+,32+,33-,35+,36+,37-,38+/m1/s1. The zero-order valence-electron chi connectivity index (χ0n) is 26.4. The third kappa shape index (κ3) is 5.34. The van der Waals surface area contributed by atoms with Gasteiger partial charge in [-0.15, -0.1) is 0 Å². The quantitative estimate of drug-likeness (QED) is 0.319. The molecule has 4 aliphatic rings. The van der Waals surface area contributed by atoms with E-state index in [1.54, 1.807) is 6.92 Å². The largest absolute Gasteiger partial charge is 0.481 e. The van der Waals surface area contributed by atoms with Gasteiger partial charge >= 0.3 is 11.9 Å². The Bertz CT molecular complexity index is 1320. The lowest BCUT2D eigenvalue weighted by Gasteiger charge is -2.63. The van der Waals surface area contributed by atoms with E-state index in [1.807, 2.05) is 18.2 Å². The average Bonchev–Trinajstić information content (AvgIpc) is 3.34. The second-order valence-corrected chi connectivity index (χ2v) is 15.2. The van der Waals surface area contributed by atoms with Crippen LogP contribution in [-0.4, -0.2) is 28.3 Å². The van der Waals surface area contributed by atoms with Gasteiger partial charge in [0.25, 0.3) is 0 Å². The molecular weight excluding hydrogens is 536 g/mol. The number of carboxylic acids is 1. The second-order valence-electron chi connectivity index (χ2n) is 15.2. The maximum absolute atomic E-state index is 12.5. The maximum atomic E-state index is 12.5. The summed E-state index contributed by atoms with van der Waals surface area (Å²) >= 11 is 0. The molecule has 2 N–H and O–H groups in total. The van der Waals surface area contributed by atoms with Crippen molar-refractivity contribution in [3.63, 3.8) is 0 Å². The fourth-order valence-electron chi connectivity index (χ4n) is 10.9. The molecule has 0 spiro atoms. The summed E-state index contributed by atoms with van der Waals surface area (Å²) in [6.45, 7) is 8.73. The number of esters is 1. The van der Waals surface area contributed by atoms with Gasteiger partial charge in [0.2, 0.25) is 0 Å². The summed E-state index contributed by atoms with van der Waals surface area (Å²) in [5.41, 5.74) is 2.69. The van der Waals surface area contributed by atoms with Crippen LogP contribution in [0.3, 0.4) is 0 Å². The van der Waals surface area contributed by atoms with E-state index in [1.165, 1.54) is 5.56 Å². The Balaban J connectivity index is 1.25. The predicted molar refractivity (Wildman–Crippen MR) is 168 cm³/mol. The normalized spacial score (nSPS) is 39.2. The van der Waals surface area contributed by atoms with Crippen molar-refractivity contribution >= 4 is 11.9 Å². The van der Waals surface area contributed by atoms with Crippen LogP contribution in [0.25, 0.3) is 11.1 Å². The van der Waals surface area contributed by atoms with Crippen molar-refractivity contribution in [2.24, 2.45) is 46.3 Å². The highest BCUT2D eigenvalue weighted by Gasteiger charge is 2.64. The van der Waals surface area contributed by atoms with E-state index < -0.39 is 11.6 Å². The minimum absolute atomic E-state index is 0.103. The van der Waals surface area contributed by atoms with Crippen molar-refractivity contribution in [3.8, 4) is 11.1 Å². The molecule has 6 rings (SSSR count). The summed E-state index contributed by atoms with van der Waals surface area (Å²) < 4.78 is 6.22. The van der Waals surface area contributed by atoms with E-state index in [4.69, 9.17) is 4.74 Å².